The number of piperidine rings is 1. The van der Waals surface area contributed by atoms with Crippen molar-refractivity contribution in [1.29, 1.82) is 0 Å². The van der Waals surface area contributed by atoms with Gasteiger partial charge in [0, 0.05) is 12.6 Å². The van der Waals surface area contributed by atoms with Gasteiger partial charge in [0.15, 0.2) is 0 Å². The molecule has 2 nitrogen and oxygen atoms in total. The SMILES string of the molecule is CC1CCN(C[C@@H](N)Cc2ccccc2)CC1. The van der Waals surface area contributed by atoms with Gasteiger partial charge in [-0.1, -0.05) is 37.3 Å². The molecular weight excluding hydrogens is 208 g/mol. The Labute approximate surface area is 105 Å². The molecule has 0 unspecified atom stereocenters. The van der Waals surface area contributed by atoms with Gasteiger partial charge >= 0.3 is 0 Å². The third-order valence-corrected chi connectivity index (χ3v) is 3.71. The van der Waals surface area contributed by atoms with E-state index in [9.17, 15) is 0 Å². The first-order chi connectivity index (χ1) is 8.24. The van der Waals surface area contributed by atoms with Crippen molar-refractivity contribution in [3.05, 3.63) is 35.9 Å². The van der Waals surface area contributed by atoms with Crippen LogP contribution < -0.4 is 5.73 Å². The molecule has 1 heterocycles. The summed E-state index contributed by atoms with van der Waals surface area (Å²) in [6.45, 7) is 5.84. The molecule has 0 radical (unpaired) electrons. The molecule has 1 saturated heterocycles. The summed E-state index contributed by atoms with van der Waals surface area (Å²) in [6, 6.07) is 10.8. The lowest BCUT2D eigenvalue weighted by Crippen LogP contribution is -2.42. The smallest absolute Gasteiger partial charge is 0.0208 e. The molecule has 0 spiro atoms. The van der Waals surface area contributed by atoms with Gasteiger partial charge in [0.2, 0.25) is 0 Å². The Balaban J connectivity index is 1.76. The summed E-state index contributed by atoms with van der Waals surface area (Å²) in [5.74, 6) is 0.900. The first-order valence-corrected chi connectivity index (χ1v) is 6.76. The van der Waals surface area contributed by atoms with Crippen LogP contribution in [0.25, 0.3) is 0 Å². The minimum absolute atomic E-state index is 0.269. The van der Waals surface area contributed by atoms with Crippen molar-refractivity contribution in [2.24, 2.45) is 11.7 Å². The molecule has 1 aromatic rings. The first kappa shape index (κ1) is 12.6. The fourth-order valence-corrected chi connectivity index (χ4v) is 2.56. The standard InChI is InChI=1S/C15H24N2/c1-13-7-9-17(10-8-13)12-15(16)11-14-5-3-2-4-6-14/h2-6,13,15H,7-12,16H2,1H3/t15-/m0/s1. The summed E-state index contributed by atoms with van der Waals surface area (Å²) in [6.07, 6.45) is 3.66. The number of benzene rings is 1. The van der Waals surface area contributed by atoms with Crippen LogP contribution in [0.2, 0.25) is 0 Å². The van der Waals surface area contributed by atoms with E-state index in [1.807, 2.05) is 0 Å². The number of rotatable bonds is 4. The van der Waals surface area contributed by atoms with E-state index in [0.29, 0.717) is 0 Å². The van der Waals surface area contributed by atoms with Crippen LogP contribution in [0.1, 0.15) is 25.3 Å². The first-order valence-electron chi connectivity index (χ1n) is 6.76. The highest BCUT2D eigenvalue weighted by atomic mass is 15.1. The van der Waals surface area contributed by atoms with Gasteiger partial charge in [0.25, 0.3) is 0 Å². The molecule has 2 N–H and O–H groups in total. The second kappa shape index (κ2) is 6.18. The Morgan fingerprint density at radius 3 is 2.53 bits per heavy atom. The normalized spacial score (nSPS) is 20.4. The van der Waals surface area contributed by atoms with E-state index >= 15 is 0 Å². The van der Waals surface area contributed by atoms with Gasteiger partial charge in [0.1, 0.15) is 0 Å². The number of nitrogens with zero attached hydrogens (tertiary/aromatic N) is 1. The van der Waals surface area contributed by atoms with Crippen molar-refractivity contribution >= 4 is 0 Å². The molecule has 0 aromatic heterocycles. The van der Waals surface area contributed by atoms with Crippen molar-refractivity contribution in [3.63, 3.8) is 0 Å². The van der Waals surface area contributed by atoms with E-state index in [1.165, 1.54) is 31.5 Å². The molecule has 0 bridgehead atoms. The topological polar surface area (TPSA) is 29.3 Å². The molecule has 0 amide bonds. The molecule has 1 aromatic carbocycles. The predicted octanol–water partition coefficient (Wildman–Crippen LogP) is 2.29. The van der Waals surface area contributed by atoms with Crippen molar-refractivity contribution in [1.82, 2.24) is 4.90 Å². The Kier molecular flexibility index (Phi) is 4.57. The molecule has 0 saturated carbocycles. The van der Waals surface area contributed by atoms with E-state index in [0.717, 1.165) is 18.9 Å². The highest BCUT2D eigenvalue weighted by Gasteiger charge is 2.17. The van der Waals surface area contributed by atoms with Crippen molar-refractivity contribution in [3.8, 4) is 0 Å². The van der Waals surface area contributed by atoms with Crippen LogP contribution in [-0.4, -0.2) is 30.6 Å². The second-order valence-corrected chi connectivity index (χ2v) is 5.43. The maximum Gasteiger partial charge on any atom is 0.0208 e. The van der Waals surface area contributed by atoms with Gasteiger partial charge in [0.05, 0.1) is 0 Å². The Hall–Kier alpha value is -0.860. The van der Waals surface area contributed by atoms with E-state index in [-0.39, 0.29) is 6.04 Å². The van der Waals surface area contributed by atoms with Gasteiger partial charge < -0.3 is 10.6 Å². The zero-order valence-corrected chi connectivity index (χ0v) is 10.8. The Bertz CT molecular complexity index is 315. The van der Waals surface area contributed by atoms with E-state index in [1.54, 1.807) is 0 Å². The molecule has 1 atom stereocenters. The summed E-state index contributed by atoms with van der Waals surface area (Å²) in [7, 11) is 0. The number of hydrogen-bond acceptors (Lipinski definition) is 2. The number of hydrogen-bond donors (Lipinski definition) is 1. The van der Waals surface area contributed by atoms with Gasteiger partial charge in [-0.3, -0.25) is 0 Å². The second-order valence-electron chi connectivity index (χ2n) is 5.43. The highest BCUT2D eigenvalue weighted by Crippen LogP contribution is 2.16. The van der Waals surface area contributed by atoms with E-state index < -0.39 is 0 Å². The number of nitrogens with two attached hydrogens (primary N) is 1. The summed E-state index contributed by atoms with van der Waals surface area (Å²) >= 11 is 0. The lowest BCUT2D eigenvalue weighted by molar-refractivity contribution is 0.182. The molecule has 2 rings (SSSR count). The predicted molar refractivity (Wildman–Crippen MR) is 73.0 cm³/mol. The molecule has 0 aliphatic carbocycles. The summed E-state index contributed by atoms with van der Waals surface area (Å²) in [5.41, 5.74) is 7.58. The molecule has 1 fully saturated rings. The largest absolute Gasteiger partial charge is 0.326 e. The van der Waals surface area contributed by atoms with Gasteiger partial charge in [-0.2, -0.15) is 0 Å². The Morgan fingerprint density at radius 2 is 1.88 bits per heavy atom. The average molecular weight is 232 g/mol. The van der Waals surface area contributed by atoms with Crippen LogP contribution in [0.5, 0.6) is 0 Å². The van der Waals surface area contributed by atoms with Crippen LogP contribution in [0.15, 0.2) is 30.3 Å². The third kappa shape index (κ3) is 4.14. The molecular formula is C15H24N2. The quantitative estimate of drug-likeness (QED) is 0.863. The fraction of sp³-hybridized carbons (Fsp3) is 0.600. The summed E-state index contributed by atoms with van der Waals surface area (Å²) in [5, 5.41) is 0. The zero-order valence-electron chi connectivity index (χ0n) is 10.8. The highest BCUT2D eigenvalue weighted by molar-refractivity contribution is 5.15. The molecule has 2 heteroatoms. The maximum atomic E-state index is 6.23. The Morgan fingerprint density at radius 1 is 1.24 bits per heavy atom. The lowest BCUT2D eigenvalue weighted by Gasteiger charge is -2.32. The van der Waals surface area contributed by atoms with Crippen LogP contribution >= 0.6 is 0 Å². The van der Waals surface area contributed by atoms with Crippen LogP contribution in [-0.2, 0) is 6.42 Å². The van der Waals surface area contributed by atoms with Crippen molar-refractivity contribution in [2.75, 3.05) is 19.6 Å². The van der Waals surface area contributed by atoms with Gasteiger partial charge in [-0.25, -0.2) is 0 Å². The number of likely N-dealkylation sites (tertiary alicyclic amines) is 1. The molecule has 17 heavy (non-hydrogen) atoms. The summed E-state index contributed by atoms with van der Waals surface area (Å²) in [4.78, 5) is 2.52. The molecule has 94 valence electrons. The van der Waals surface area contributed by atoms with Crippen LogP contribution in [0, 0.1) is 5.92 Å². The van der Waals surface area contributed by atoms with Gasteiger partial charge in [-0.05, 0) is 43.8 Å². The lowest BCUT2D eigenvalue weighted by atomic mass is 9.98. The molecule has 1 aliphatic rings. The monoisotopic (exact) mass is 232 g/mol. The average Bonchev–Trinajstić information content (AvgIpc) is 2.33. The van der Waals surface area contributed by atoms with Crippen LogP contribution in [0.3, 0.4) is 0 Å². The van der Waals surface area contributed by atoms with Crippen molar-refractivity contribution in [2.45, 2.75) is 32.2 Å². The van der Waals surface area contributed by atoms with Crippen LogP contribution in [0.4, 0.5) is 0 Å². The minimum atomic E-state index is 0.269. The fourth-order valence-electron chi connectivity index (χ4n) is 2.56. The summed E-state index contributed by atoms with van der Waals surface area (Å²) < 4.78 is 0. The van der Waals surface area contributed by atoms with E-state index in [2.05, 4.69) is 42.2 Å². The zero-order chi connectivity index (χ0) is 12.1. The van der Waals surface area contributed by atoms with E-state index in [4.69, 9.17) is 5.73 Å². The maximum absolute atomic E-state index is 6.23. The third-order valence-electron chi connectivity index (χ3n) is 3.71. The molecule has 1 aliphatic heterocycles. The van der Waals surface area contributed by atoms with Crippen molar-refractivity contribution < 1.29 is 0 Å². The van der Waals surface area contributed by atoms with Gasteiger partial charge in [-0.15, -0.1) is 0 Å². The minimum Gasteiger partial charge on any atom is -0.326 e.